The molecule has 0 aliphatic heterocycles. The fraction of sp³-hybridized carbons (Fsp3) is 0.0588. The first-order valence-electron chi connectivity index (χ1n) is 18.6. The van der Waals surface area contributed by atoms with E-state index in [-0.39, 0.29) is 5.41 Å². The number of thiophene rings is 1. The van der Waals surface area contributed by atoms with E-state index in [2.05, 4.69) is 178 Å². The minimum Gasteiger partial charge on any atom is -0.228 e. The summed E-state index contributed by atoms with van der Waals surface area (Å²) < 4.78 is 2.66. The van der Waals surface area contributed by atoms with Gasteiger partial charge in [-0.2, -0.15) is 0 Å². The van der Waals surface area contributed by atoms with Crippen LogP contribution in [-0.2, 0) is 5.41 Å². The third-order valence-electron chi connectivity index (χ3n) is 11.4. The zero-order chi connectivity index (χ0) is 36.0. The van der Waals surface area contributed by atoms with E-state index in [0.717, 1.165) is 33.9 Å². The van der Waals surface area contributed by atoms with E-state index in [0.29, 0.717) is 0 Å². The molecule has 1 aliphatic carbocycles. The molecule has 0 amide bonds. The van der Waals surface area contributed by atoms with E-state index in [9.17, 15) is 0 Å². The minimum atomic E-state index is -0.136. The van der Waals surface area contributed by atoms with Gasteiger partial charge in [0.25, 0.3) is 0 Å². The summed E-state index contributed by atoms with van der Waals surface area (Å²) in [6.07, 6.45) is 0. The summed E-state index contributed by atoms with van der Waals surface area (Å²) in [6.45, 7) is 4.69. The number of aromatic nitrogens is 2. The molecule has 0 N–H and O–H groups in total. The summed E-state index contributed by atoms with van der Waals surface area (Å²) in [5.41, 5.74) is 12.6. The molecule has 2 nitrogen and oxygen atoms in total. The lowest BCUT2D eigenvalue weighted by Gasteiger charge is -2.22. The standard InChI is InChI=1S/C51H34N2S/c1-51(2)43-17-10-16-40(49(43)42-28-32-13-6-7-14-33(32)29-44(42)51)46-30-45(52-50(53-46)31-11-4-3-5-12-31)38-22-21-34-25-35(19-20-36(34)26-38)37-23-24-48-41(27-37)39-15-8-9-18-47(39)54-48/h3-30H,1-2H3. The topological polar surface area (TPSA) is 25.8 Å². The molecule has 254 valence electrons. The number of nitrogens with zero attached hydrogens (tertiary/aromatic N) is 2. The van der Waals surface area contributed by atoms with Gasteiger partial charge in [0.05, 0.1) is 11.4 Å². The highest BCUT2D eigenvalue weighted by atomic mass is 32.1. The predicted molar refractivity (Wildman–Crippen MR) is 229 cm³/mol. The van der Waals surface area contributed by atoms with Gasteiger partial charge in [-0.3, -0.25) is 0 Å². The Hall–Kier alpha value is -6.42. The number of rotatable bonds is 4. The third-order valence-corrected chi connectivity index (χ3v) is 12.6. The summed E-state index contributed by atoms with van der Waals surface area (Å²) in [4.78, 5) is 10.5. The van der Waals surface area contributed by atoms with Crippen molar-refractivity contribution in [1.82, 2.24) is 9.97 Å². The molecule has 0 atom stereocenters. The Morgan fingerprint density at radius 2 is 1.06 bits per heavy atom. The molecule has 10 aromatic rings. The normalized spacial score (nSPS) is 13.1. The lowest BCUT2D eigenvalue weighted by molar-refractivity contribution is 0.661. The molecule has 54 heavy (non-hydrogen) atoms. The fourth-order valence-electron chi connectivity index (χ4n) is 8.63. The minimum absolute atomic E-state index is 0.136. The van der Waals surface area contributed by atoms with E-state index < -0.39 is 0 Å². The van der Waals surface area contributed by atoms with Gasteiger partial charge < -0.3 is 0 Å². The predicted octanol–water partition coefficient (Wildman–Crippen LogP) is 14.1. The molecule has 0 spiro atoms. The Balaban J connectivity index is 1.05. The number of hydrogen-bond acceptors (Lipinski definition) is 3. The molecule has 11 rings (SSSR count). The Labute approximate surface area is 318 Å². The monoisotopic (exact) mass is 706 g/mol. The maximum Gasteiger partial charge on any atom is 0.160 e. The molecule has 0 radical (unpaired) electrons. The van der Waals surface area contributed by atoms with E-state index in [1.54, 1.807) is 0 Å². The second-order valence-electron chi connectivity index (χ2n) is 15.0. The molecule has 0 unspecified atom stereocenters. The van der Waals surface area contributed by atoms with Gasteiger partial charge in [-0.25, -0.2) is 9.97 Å². The van der Waals surface area contributed by atoms with Gasteiger partial charge in [0.2, 0.25) is 0 Å². The zero-order valence-corrected chi connectivity index (χ0v) is 30.8. The fourth-order valence-corrected chi connectivity index (χ4v) is 9.71. The van der Waals surface area contributed by atoms with Crippen LogP contribution in [0, 0.1) is 0 Å². The van der Waals surface area contributed by atoms with Crippen molar-refractivity contribution in [2.24, 2.45) is 0 Å². The number of benzene rings is 8. The van der Waals surface area contributed by atoms with E-state index in [4.69, 9.17) is 9.97 Å². The summed E-state index contributed by atoms with van der Waals surface area (Å²) in [5, 5.41) is 7.56. The van der Waals surface area contributed by atoms with Crippen molar-refractivity contribution in [3.8, 4) is 56.2 Å². The van der Waals surface area contributed by atoms with Crippen LogP contribution >= 0.6 is 11.3 Å². The lowest BCUT2D eigenvalue weighted by Crippen LogP contribution is -2.14. The van der Waals surface area contributed by atoms with Crippen molar-refractivity contribution in [2.45, 2.75) is 19.3 Å². The van der Waals surface area contributed by atoms with Crippen molar-refractivity contribution in [1.29, 1.82) is 0 Å². The van der Waals surface area contributed by atoms with Gasteiger partial charge in [0.15, 0.2) is 5.82 Å². The highest BCUT2D eigenvalue weighted by Crippen LogP contribution is 2.53. The van der Waals surface area contributed by atoms with Gasteiger partial charge in [-0.15, -0.1) is 11.3 Å². The Morgan fingerprint density at radius 3 is 1.91 bits per heavy atom. The molecule has 0 fully saturated rings. The van der Waals surface area contributed by atoms with E-state index in [1.807, 2.05) is 17.4 Å². The summed E-state index contributed by atoms with van der Waals surface area (Å²) in [5.74, 6) is 0.725. The number of fused-ring (bicyclic) bond motifs is 8. The SMILES string of the molecule is CC1(C)c2cc3ccccc3cc2-c2c(-c3cc(-c4ccc5cc(-c6ccc7sc8ccccc8c7c6)ccc5c4)nc(-c4ccccc4)n3)cccc21. The zero-order valence-electron chi connectivity index (χ0n) is 30.0. The molecule has 8 aromatic carbocycles. The maximum atomic E-state index is 5.29. The summed E-state index contributed by atoms with van der Waals surface area (Å²) in [6, 6.07) is 61.8. The van der Waals surface area contributed by atoms with Crippen LogP contribution in [0.1, 0.15) is 25.0 Å². The summed E-state index contributed by atoms with van der Waals surface area (Å²) >= 11 is 1.86. The molecule has 0 saturated heterocycles. The van der Waals surface area contributed by atoms with Crippen molar-refractivity contribution in [3.63, 3.8) is 0 Å². The average molecular weight is 707 g/mol. The van der Waals surface area contributed by atoms with Gasteiger partial charge in [0, 0.05) is 42.3 Å². The van der Waals surface area contributed by atoms with Crippen LogP contribution in [0.2, 0.25) is 0 Å². The molecule has 2 aromatic heterocycles. The van der Waals surface area contributed by atoms with Gasteiger partial charge in [-0.1, -0.05) is 135 Å². The summed E-state index contributed by atoms with van der Waals surface area (Å²) in [7, 11) is 0. The second kappa shape index (κ2) is 11.8. The van der Waals surface area contributed by atoms with Crippen LogP contribution < -0.4 is 0 Å². The largest absolute Gasteiger partial charge is 0.228 e. The first-order valence-corrected chi connectivity index (χ1v) is 19.4. The quantitative estimate of drug-likeness (QED) is 0.182. The lowest BCUT2D eigenvalue weighted by atomic mass is 9.81. The Morgan fingerprint density at radius 1 is 0.407 bits per heavy atom. The molecule has 0 bridgehead atoms. The first kappa shape index (κ1) is 31.1. The van der Waals surface area contributed by atoms with Crippen molar-refractivity contribution >= 4 is 53.1 Å². The van der Waals surface area contributed by atoms with Crippen LogP contribution in [0.3, 0.4) is 0 Å². The van der Waals surface area contributed by atoms with Gasteiger partial charge >= 0.3 is 0 Å². The van der Waals surface area contributed by atoms with Crippen LogP contribution in [0.4, 0.5) is 0 Å². The molecule has 3 heteroatoms. The first-order chi connectivity index (χ1) is 26.5. The maximum absolute atomic E-state index is 5.29. The highest BCUT2D eigenvalue weighted by molar-refractivity contribution is 7.25. The van der Waals surface area contributed by atoms with Crippen molar-refractivity contribution in [2.75, 3.05) is 0 Å². The van der Waals surface area contributed by atoms with Gasteiger partial charge in [0.1, 0.15) is 0 Å². The number of hydrogen-bond donors (Lipinski definition) is 0. The van der Waals surface area contributed by atoms with E-state index >= 15 is 0 Å². The van der Waals surface area contributed by atoms with Crippen molar-refractivity contribution < 1.29 is 0 Å². The van der Waals surface area contributed by atoms with E-state index in [1.165, 1.54) is 75.1 Å². The Bertz CT molecular complexity index is 3130. The van der Waals surface area contributed by atoms with Crippen LogP contribution in [0.5, 0.6) is 0 Å². The highest BCUT2D eigenvalue weighted by Gasteiger charge is 2.37. The molecule has 1 aliphatic rings. The second-order valence-corrected chi connectivity index (χ2v) is 16.1. The van der Waals surface area contributed by atoms with Crippen LogP contribution in [0.25, 0.3) is 97.9 Å². The average Bonchev–Trinajstić information content (AvgIpc) is 3.71. The third kappa shape index (κ3) is 4.86. The van der Waals surface area contributed by atoms with Gasteiger partial charge in [-0.05, 0) is 103 Å². The smallest absolute Gasteiger partial charge is 0.160 e. The van der Waals surface area contributed by atoms with Crippen molar-refractivity contribution in [3.05, 3.63) is 181 Å². The molecular weight excluding hydrogens is 673 g/mol. The molecule has 0 saturated carbocycles. The molecular formula is C51H34N2S. The van der Waals surface area contributed by atoms with Crippen LogP contribution in [-0.4, -0.2) is 9.97 Å². The molecule has 2 heterocycles. The van der Waals surface area contributed by atoms with Crippen LogP contribution in [0.15, 0.2) is 170 Å². The Kier molecular flexibility index (Phi) is 6.80.